The number of benzene rings is 2. The van der Waals surface area contributed by atoms with Crippen molar-refractivity contribution in [2.45, 2.75) is 6.17 Å². The zero-order valence-electron chi connectivity index (χ0n) is 11.0. The summed E-state index contributed by atoms with van der Waals surface area (Å²) < 4.78 is 0. The van der Waals surface area contributed by atoms with Crippen LogP contribution >= 0.6 is 0 Å². The van der Waals surface area contributed by atoms with Crippen LogP contribution in [0.3, 0.4) is 0 Å². The van der Waals surface area contributed by atoms with E-state index in [1.165, 1.54) is 5.69 Å². The molecule has 1 aliphatic rings. The molecule has 0 bridgehead atoms. The topological polar surface area (TPSA) is 41.6 Å². The molecule has 0 amide bonds. The van der Waals surface area contributed by atoms with E-state index in [0.717, 1.165) is 23.4 Å². The summed E-state index contributed by atoms with van der Waals surface area (Å²) >= 11 is 0. The first-order valence-corrected chi connectivity index (χ1v) is 6.45. The quantitative estimate of drug-likeness (QED) is 0.844. The van der Waals surface area contributed by atoms with Crippen LogP contribution in [0.25, 0.3) is 0 Å². The van der Waals surface area contributed by atoms with Crippen LogP contribution in [-0.2, 0) is 0 Å². The molecule has 96 valence electrons. The molecule has 0 spiro atoms. The highest BCUT2D eigenvalue weighted by atomic mass is 15.2. The van der Waals surface area contributed by atoms with Gasteiger partial charge in [-0.3, -0.25) is 4.99 Å². The van der Waals surface area contributed by atoms with E-state index in [0.29, 0.717) is 0 Å². The number of rotatable bonds is 1. The van der Waals surface area contributed by atoms with E-state index in [9.17, 15) is 0 Å². The third-order valence-electron chi connectivity index (χ3n) is 3.37. The molecule has 2 aromatic carbocycles. The Morgan fingerprint density at radius 1 is 1.05 bits per heavy atom. The summed E-state index contributed by atoms with van der Waals surface area (Å²) in [5.41, 5.74) is 10.5. The normalized spacial score (nSPS) is 18.5. The highest BCUT2D eigenvalue weighted by Crippen LogP contribution is 2.25. The molecular weight excluding hydrogens is 234 g/mol. The summed E-state index contributed by atoms with van der Waals surface area (Å²) in [5.74, 6) is 0. The van der Waals surface area contributed by atoms with E-state index < -0.39 is 0 Å². The second-order valence-electron chi connectivity index (χ2n) is 4.81. The molecule has 0 radical (unpaired) electrons. The molecule has 3 rings (SSSR count). The molecule has 0 fully saturated rings. The molecule has 2 aromatic rings. The van der Waals surface area contributed by atoms with Crippen LogP contribution in [-0.4, -0.2) is 25.5 Å². The van der Waals surface area contributed by atoms with E-state index in [4.69, 9.17) is 10.7 Å². The van der Waals surface area contributed by atoms with Crippen LogP contribution in [0.15, 0.2) is 59.6 Å². The van der Waals surface area contributed by atoms with E-state index in [1.54, 1.807) is 0 Å². The van der Waals surface area contributed by atoms with Crippen molar-refractivity contribution < 1.29 is 0 Å². The Labute approximate surface area is 113 Å². The van der Waals surface area contributed by atoms with Crippen molar-refractivity contribution in [1.82, 2.24) is 0 Å². The molecule has 1 heterocycles. The molecule has 0 saturated heterocycles. The molecule has 3 nitrogen and oxygen atoms in total. The lowest BCUT2D eigenvalue weighted by Gasteiger charge is -2.20. The number of fused-ring (bicyclic) bond motifs is 1. The zero-order valence-corrected chi connectivity index (χ0v) is 11.0. The van der Waals surface area contributed by atoms with Gasteiger partial charge in [0.25, 0.3) is 0 Å². The highest BCUT2D eigenvalue weighted by Gasteiger charge is 2.20. The van der Waals surface area contributed by atoms with Gasteiger partial charge in [0.1, 0.15) is 6.17 Å². The predicted octanol–water partition coefficient (Wildman–Crippen LogP) is 2.26. The Morgan fingerprint density at radius 2 is 1.74 bits per heavy atom. The highest BCUT2D eigenvalue weighted by molar-refractivity contribution is 6.16. The van der Waals surface area contributed by atoms with Gasteiger partial charge in [-0.05, 0) is 6.07 Å². The number of aliphatic imine (C=N–C) groups is 1. The third kappa shape index (κ3) is 2.25. The van der Waals surface area contributed by atoms with E-state index in [2.05, 4.69) is 42.3 Å². The average Bonchev–Trinajstić information content (AvgIpc) is 2.57. The molecule has 0 aliphatic carbocycles. The van der Waals surface area contributed by atoms with Gasteiger partial charge in [-0.1, -0.05) is 48.5 Å². The van der Waals surface area contributed by atoms with Crippen molar-refractivity contribution in [3.8, 4) is 0 Å². The number of hydrogen-bond donors (Lipinski definition) is 1. The molecule has 19 heavy (non-hydrogen) atoms. The maximum atomic E-state index is 6.10. The Bertz CT molecular complexity index is 604. The van der Waals surface area contributed by atoms with E-state index in [1.807, 2.05) is 24.3 Å². The minimum absolute atomic E-state index is 0.201. The molecular formula is C16H17N3. The van der Waals surface area contributed by atoms with Crippen LogP contribution in [0, 0.1) is 0 Å². The second-order valence-corrected chi connectivity index (χ2v) is 4.81. The van der Waals surface area contributed by atoms with Crippen molar-refractivity contribution in [3.63, 3.8) is 0 Å². The number of nitrogens with zero attached hydrogens (tertiary/aromatic N) is 2. The van der Waals surface area contributed by atoms with Gasteiger partial charge in [0.2, 0.25) is 0 Å². The summed E-state index contributed by atoms with van der Waals surface area (Å²) in [7, 11) is 2.06. The molecule has 0 unspecified atom stereocenters. The number of para-hydroxylation sites is 1. The van der Waals surface area contributed by atoms with Gasteiger partial charge in [0.15, 0.2) is 0 Å². The summed E-state index contributed by atoms with van der Waals surface area (Å²) in [4.78, 5) is 6.86. The molecule has 2 N–H and O–H groups in total. The molecule has 1 atom stereocenters. The second kappa shape index (κ2) is 4.86. The smallest absolute Gasteiger partial charge is 0.115 e. The first-order chi connectivity index (χ1) is 9.25. The average molecular weight is 251 g/mol. The van der Waals surface area contributed by atoms with Gasteiger partial charge in [0.05, 0.1) is 12.3 Å². The number of anilines is 1. The van der Waals surface area contributed by atoms with Crippen molar-refractivity contribution in [2.24, 2.45) is 10.7 Å². The van der Waals surface area contributed by atoms with Gasteiger partial charge in [-0.15, -0.1) is 0 Å². The maximum absolute atomic E-state index is 6.10. The van der Waals surface area contributed by atoms with Crippen LogP contribution < -0.4 is 10.6 Å². The standard InChI is InChI=1S/C16H17N3/c1-19-11-15(17)18-16(12-7-3-2-4-8-12)13-9-5-6-10-14(13)19/h2-10,15H,11,17H2,1H3/t15-/m0/s1. The van der Waals surface area contributed by atoms with E-state index in [-0.39, 0.29) is 6.17 Å². The van der Waals surface area contributed by atoms with Crippen LogP contribution in [0.2, 0.25) is 0 Å². The predicted molar refractivity (Wildman–Crippen MR) is 79.8 cm³/mol. The SMILES string of the molecule is CN1C[C@@H](N)N=C(c2ccccc2)c2ccccc21. The third-order valence-corrected chi connectivity index (χ3v) is 3.37. The lowest BCUT2D eigenvalue weighted by Crippen LogP contribution is -2.32. The first-order valence-electron chi connectivity index (χ1n) is 6.45. The first kappa shape index (κ1) is 11.9. The Hall–Kier alpha value is -2.13. The maximum Gasteiger partial charge on any atom is 0.115 e. The van der Waals surface area contributed by atoms with Crippen molar-refractivity contribution >= 4 is 11.4 Å². The summed E-state index contributed by atoms with van der Waals surface area (Å²) in [5, 5.41) is 0. The van der Waals surface area contributed by atoms with Gasteiger partial charge < -0.3 is 10.6 Å². The Kier molecular flexibility index (Phi) is 3.05. The van der Waals surface area contributed by atoms with Crippen molar-refractivity contribution in [1.29, 1.82) is 0 Å². The van der Waals surface area contributed by atoms with Gasteiger partial charge in [-0.2, -0.15) is 0 Å². The minimum atomic E-state index is -0.201. The number of likely N-dealkylation sites (N-methyl/N-ethyl adjacent to an activating group) is 1. The summed E-state index contributed by atoms with van der Waals surface area (Å²) in [6, 6.07) is 18.5. The van der Waals surface area contributed by atoms with Gasteiger partial charge in [-0.25, -0.2) is 0 Å². The summed E-state index contributed by atoms with van der Waals surface area (Å²) in [6.45, 7) is 0.730. The Morgan fingerprint density at radius 3 is 2.53 bits per heavy atom. The molecule has 0 saturated carbocycles. The number of nitrogens with two attached hydrogens (primary N) is 1. The largest absolute Gasteiger partial charge is 0.371 e. The van der Waals surface area contributed by atoms with Crippen LogP contribution in [0.5, 0.6) is 0 Å². The minimum Gasteiger partial charge on any atom is -0.371 e. The zero-order chi connectivity index (χ0) is 13.2. The summed E-state index contributed by atoms with van der Waals surface area (Å²) in [6.07, 6.45) is -0.201. The monoisotopic (exact) mass is 251 g/mol. The number of hydrogen-bond acceptors (Lipinski definition) is 3. The van der Waals surface area contributed by atoms with Crippen molar-refractivity contribution in [3.05, 3.63) is 65.7 Å². The lowest BCUT2D eigenvalue weighted by molar-refractivity contribution is 0.697. The van der Waals surface area contributed by atoms with Gasteiger partial charge in [0, 0.05) is 23.9 Å². The fraction of sp³-hybridized carbons (Fsp3) is 0.188. The number of benzodiazepines with no additional fused rings is 1. The fourth-order valence-electron chi connectivity index (χ4n) is 2.49. The fourth-order valence-corrected chi connectivity index (χ4v) is 2.49. The van der Waals surface area contributed by atoms with Crippen LogP contribution in [0.4, 0.5) is 5.69 Å². The van der Waals surface area contributed by atoms with Crippen LogP contribution in [0.1, 0.15) is 11.1 Å². The van der Waals surface area contributed by atoms with Gasteiger partial charge >= 0.3 is 0 Å². The molecule has 0 aromatic heterocycles. The Balaban J connectivity index is 2.19. The van der Waals surface area contributed by atoms with Crippen molar-refractivity contribution in [2.75, 3.05) is 18.5 Å². The lowest BCUT2D eigenvalue weighted by atomic mass is 10.0. The molecule has 3 heteroatoms. The molecule has 1 aliphatic heterocycles. The van der Waals surface area contributed by atoms with E-state index >= 15 is 0 Å².